The van der Waals surface area contributed by atoms with Crippen LogP contribution in [0.4, 0.5) is 43.9 Å². The van der Waals surface area contributed by atoms with Crippen molar-refractivity contribution in [3.05, 3.63) is 127 Å². The molecule has 0 N–H and O–H groups in total. The molecular formula is C43H39BF10P-. The van der Waals surface area contributed by atoms with Gasteiger partial charge in [-0.15, -0.1) is 16.8 Å². The summed E-state index contributed by atoms with van der Waals surface area (Å²) in [5.41, 5.74) is 1.79. The van der Waals surface area contributed by atoms with E-state index in [9.17, 15) is 8.78 Å². The topological polar surface area (TPSA) is 0 Å². The van der Waals surface area contributed by atoms with Crippen LogP contribution in [-0.2, 0) is 6.42 Å². The number of halogens is 10. The molecule has 0 nitrogen and oxygen atoms in total. The molecule has 290 valence electrons. The molecule has 0 spiro atoms. The Morgan fingerprint density at radius 1 is 0.509 bits per heavy atom. The van der Waals surface area contributed by atoms with Gasteiger partial charge in [0.05, 0.1) is 0 Å². The summed E-state index contributed by atoms with van der Waals surface area (Å²) < 4.78 is 158. The van der Waals surface area contributed by atoms with Crippen LogP contribution in [0.25, 0.3) is 16.2 Å². The first-order chi connectivity index (χ1) is 25.8. The lowest BCUT2D eigenvalue weighted by atomic mass is 9.15. The second kappa shape index (κ2) is 15.6. The van der Waals surface area contributed by atoms with Crippen molar-refractivity contribution in [2.45, 2.75) is 88.0 Å². The molecule has 0 amide bonds. The first-order valence-corrected chi connectivity index (χ1v) is 19.2. The molecule has 5 aromatic rings. The van der Waals surface area contributed by atoms with Gasteiger partial charge in [0.25, 0.3) is 0 Å². The molecule has 0 bridgehead atoms. The van der Waals surface area contributed by atoms with Crippen LogP contribution in [0.15, 0.2) is 24.3 Å². The summed E-state index contributed by atoms with van der Waals surface area (Å²) >= 11 is 0. The zero-order valence-corrected chi connectivity index (χ0v) is 32.8. The van der Waals surface area contributed by atoms with E-state index in [1.54, 1.807) is 13.8 Å². The molecule has 4 aromatic carbocycles. The van der Waals surface area contributed by atoms with Gasteiger partial charge in [0, 0.05) is 17.0 Å². The molecule has 0 saturated carbocycles. The molecule has 0 fully saturated rings. The van der Waals surface area contributed by atoms with Gasteiger partial charge >= 0.3 is 0 Å². The van der Waals surface area contributed by atoms with E-state index >= 15 is 35.1 Å². The van der Waals surface area contributed by atoms with Gasteiger partial charge in [-0.2, -0.15) is 5.46 Å². The van der Waals surface area contributed by atoms with Crippen LogP contribution < -0.4 is 16.4 Å². The standard InChI is InChI=1S/C43H39BF10P/c1-10-12-13-15-44(30-32(45)36(49)40(53)37(50)33(30)46,31-34(47)38(51)41(54)39(52)35(31)48)29-26(9)43(28-22(5)16-20(3)17-23(28)6)55(27(29)14-11-2)42-24(7)18-21(4)19-25(42)8/h16-19H,10-12,14H2,1-9H3/q-1. The second-order valence-electron chi connectivity index (χ2n) is 14.3. The van der Waals surface area contributed by atoms with Crippen LogP contribution in [-0.4, -0.2) is 6.15 Å². The number of hydrogen-bond donors (Lipinski definition) is 0. The van der Waals surface area contributed by atoms with Crippen LogP contribution in [0.3, 0.4) is 0 Å². The Labute approximate surface area is 316 Å². The Morgan fingerprint density at radius 3 is 1.27 bits per heavy atom. The van der Waals surface area contributed by atoms with Gasteiger partial charge in [-0.3, -0.25) is 5.82 Å². The molecule has 1 atom stereocenters. The minimum Gasteiger partial charge on any atom is -0.297 e. The fraction of sp³-hybridized carbons (Fsp3) is 0.302. The monoisotopic (exact) mass is 787 g/mol. The summed E-state index contributed by atoms with van der Waals surface area (Å²) in [4.78, 5) is 0. The average Bonchev–Trinajstić information content (AvgIpc) is 3.37. The van der Waals surface area contributed by atoms with Gasteiger partial charge < -0.3 is 0 Å². The van der Waals surface area contributed by atoms with Crippen LogP contribution in [0.1, 0.15) is 77.3 Å². The Hall–Kier alpha value is -4.42. The highest BCUT2D eigenvalue weighted by molar-refractivity contribution is 7.62. The summed E-state index contributed by atoms with van der Waals surface area (Å²) in [6.07, 6.45) is -4.09. The van der Waals surface area contributed by atoms with E-state index in [4.69, 9.17) is 0 Å². The lowest BCUT2D eigenvalue weighted by molar-refractivity contribution is 0.382. The summed E-state index contributed by atoms with van der Waals surface area (Å²) in [6, 6.07) is 7.63. The van der Waals surface area contributed by atoms with E-state index in [2.05, 4.69) is 11.7 Å². The predicted octanol–water partition coefficient (Wildman–Crippen LogP) is 11.6. The molecule has 1 unspecified atom stereocenters. The highest BCUT2D eigenvalue weighted by Gasteiger charge is 2.46. The zero-order chi connectivity index (χ0) is 41.0. The van der Waals surface area contributed by atoms with Crippen molar-refractivity contribution in [3.63, 3.8) is 0 Å². The predicted molar refractivity (Wildman–Crippen MR) is 203 cm³/mol. The van der Waals surface area contributed by atoms with Gasteiger partial charge in [-0.1, -0.05) is 74.1 Å². The largest absolute Gasteiger partial charge is 0.297 e. The van der Waals surface area contributed by atoms with Crippen molar-refractivity contribution in [1.29, 1.82) is 0 Å². The van der Waals surface area contributed by atoms with Crippen molar-refractivity contribution in [1.82, 2.24) is 0 Å². The normalized spacial score (nSPS) is 12.0. The molecule has 1 aromatic heterocycles. The van der Waals surface area contributed by atoms with Crippen molar-refractivity contribution >= 4 is 30.1 Å². The van der Waals surface area contributed by atoms with Crippen molar-refractivity contribution < 1.29 is 43.9 Å². The quantitative estimate of drug-likeness (QED) is 0.0483. The van der Waals surface area contributed by atoms with Gasteiger partial charge in [-0.25, -0.2) is 43.9 Å². The maximum absolute atomic E-state index is 16.6. The van der Waals surface area contributed by atoms with Gasteiger partial charge in [0.15, 0.2) is 41.0 Å². The molecule has 5 rings (SSSR count). The summed E-state index contributed by atoms with van der Waals surface area (Å²) in [5, 5.41) is 1.61. The maximum atomic E-state index is 16.6. The molecule has 55 heavy (non-hydrogen) atoms. The van der Waals surface area contributed by atoms with Crippen molar-refractivity contribution in [2.75, 3.05) is 0 Å². The number of hydrogen-bond acceptors (Lipinski definition) is 0. The first kappa shape index (κ1) is 41.7. The number of aryl methyl sites for hydroxylation is 6. The summed E-state index contributed by atoms with van der Waals surface area (Å²) in [5.74, 6) is -19.8. The zero-order valence-electron chi connectivity index (χ0n) is 31.9. The van der Waals surface area contributed by atoms with Gasteiger partial charge in [-0.05, 0) is 89.1 Å². The Balaban J connectivity index is 2.30. The highest BCUT2D eigenvalue weighted by Crippen LogP contribution is 2.58. The molecule has 0 saturated heterocycles. The third-order valence-electron chi connectivity index (χ3n) is 10.3. The molecular weight excluding hydrogens is 748 g/mol. The molecule has 0 radical (unpaired) electrons. The molecule has 0 aliphatic carbocycles. The van der Waals surface area contributed by atoms with E-state index in [1.807, 2.05) is 65.8 Å². The number of unbranched alkanes of at least 4 members (excludes halogenated alkanes) is 1. The van der Waals surface area contributed by atoms with Crippen LogP contribution in [0.5, 0.6) is 0 Å². The molecule has 0 aliphatic heterocycles. The van der Waals surface area contributed by atoms with E-state index in [0.29, 0.717) is 22.6 Å². The minimum atomic E-state index is -4.57. The van der Waals surface area contributed by atoms with Crippen molar-refractivity contribution in [3.8, 4) is 27.9 Å². The minimum absolute atomic E-state index is 0.0440. The van der Waals surface area contributed by atoms with E-state index in [0.717, 1.165) is 38.7 Å². The molecule has 0 aliphatic rings. The number of benzene rings is 4. The lowest BCUT2D eigenvalue weighted by Crippen LogP contribution is -2.72. The lowest BCUT2D eigenvalue weighted by Gasteiger charge is -2.41. The van der Waals surface area contributed by atoms with Crippen LogP contribution in [0, 0.1) is 118 Å². The first-order valence-electron chi connectivity index (χ1n) is 17.9. The fourth-order valence-corrected chi connectivity index (χ4v) is 12.1. The van der Waals surface area contributed by atoms with E-state index in [1.165, 1.54) is 6.92 Å². The summed E-state index contributed by atoms with van der Waals surface area (Å²) in [7, 11) is -1.88. The average molecular weight is 788 g/mol. The molecule has 1 heterocycles. The Bertz CT molecular complexity index is 2280. The van der Waals surface area contributed by atoms with Gasteiger partial charge in [0.2, 0.25) is 0 Å². The van der Waals surface area contributed by atoms with Crippen LogP contribution in [0.2, 0.25) is 0 Å². The Morgan fingerprint density at radius 2 is 0.891 bits per heavy atom. The fourth-order valence-electron chi connectivity index (χ4n) is 8.45. The van der Waals surface area contributed by atoms with Crippen LogP contribution >= 0.6 is 7.53 Å². The van der Waals surface area contributed by atoms with E-state index in [-0.39, 0.29) is 30.3 Å². The summed E-state index contributed by atoms with van der Waals surface area (Å²) in [6.45, 7) is 16.1. The van der Waals surface area contributed by atoms with Crippen molar-refractivity contribution in [2.24, 2.45) is 0 Å². The Kier molecular flexibility index (Phi) is 11.8. The maximum Gasteiger partial charge on any atom is 0.200 e. The van der Waals surface area contributed by atoms with Gasteiger partial charge in [0.1, 0.15) is 23.3 Å². The van der Waals surface area contributed by atoms with E-state index < -0.39 is 82.8 Å². The SMILES string of the molecule is CCCC#C[B-](c1c(F)c(F)c(F)c(F)c1F)(c1c(F)c(F)c(F)c(F)c1F)c1c(C)c(-c2c(C)cc(C)cc2C)p(-c2c(C)cc(C)cc2C)c1CCC. The molecule has 12 heteroatoms. The third kappa shape index (κ3) is 6.58. The number of rotatable bonds is 8. The highest BCUT2D eigenvalue weighted by atomic mass is 31.1. The second-order valence-corrected chi connectivity index (χ2v) is 16.4. The smallest absolute Gasteiger partial charge is 0.200 e. The third-order valence-corrected chi connectivity index (χ3v) is 13.5.